The molecule has 0 bridgehead atoms. The van der Waals surface area contributed by atoms with Gasteiger partial charge in [-0.2, -0.15) is 4.98 Å². The summed E-state index contributed by atoms with van der Waals surface area (Å²) >= 11 is 0. The molecule has 6 nitrogen and oxygen atoms in total. The van der Waals surface area contributed by atoms with Crippen molar-refractivity contribution < 1.29 is 9.26 Å². The third-order valence-electron chi connectivity index (χ3n) is 4.59. The van der Waals surface area contributed by atoms with Crippen molar-refractivity contribution in [2.75, 3.05) is 6.54 Å². The van der Waals surface area contributed by atoms with E-state index < -0.39 is 0 Å². The molecule has 0 amide bonds. The van der Waals surface area contributed by atoms with E-state index in [0.29, 0.717) is 17.8 Å². The van der Waals surface area contributed by atoms with Gasteiger partial charge in [-0.15, -0.1) is 0 Å². The number of aromatic nitrogens is 3. The van der Waals surface area contributed by atoms with Gasteiger partial charge < -0.3 is 9.26 Å². The normalized spacial score (nSPS) is 28.7. The van der Waals surface area contributed by atoms with Crippen molar-refractivity contribution in [2.24, 2.45) is 0 Å². The van der Waals surface area contributed by atoms with E-state index in [-0.39, 0.29) is 12.2 Å². The maximum Gasteiger partial charge on any atom is 0.255 e. The van der Waals surface area contributed by atoms with E-state index in [1.165, 1.54) is 5.56 Å². The molecule has 6 heteroatoms. The Balaban J connectivity index is 1.42. The first-order valence-electron chi connectivity index (χ1n) is 7.88. The fourth-order valence-electron chi connectivity index (χ4n) is 3.56. The Hall–Kier alpha value is -1.79. The number of hydrogen-bond acceptors (Lipinski definition) is 6. The molecule has 2 aliphatic rings. The molecule has 2 saturated heterocycles. The second-order valence-corrected chi connectivity index (χ2v) is 6.11. The van der Waals surface area contributed by atoms with Crippen LogP contribution in [-0.2, 0) is 11.3 Å². The van der Waals surface area contributed by atoms with E-state index in [2.05, 4.69) is 26.1 Å². The highest BCUT2D eigenvalue weighted by molar-refractivity contribution is 5.09. The van der Waals surface area contributed by atoms with Crippen LogP contribution in [0.3, 0.4) is 0 Å². The lowest BCUT2D eigenvalue weighted by Gasteiger charge is -2.34. The summed E-state index contributed by atoms with van der Waals surface area (Å²) in [6, 6.07) is 4.61. The molecule has 22 heavy (non-hydrogen) atoms. The number of likely N-dealkylation sites (tertiary alicyclic amines) is 1. The van der Waals surface area contributed by atoms with Crippen LogP contribution in [0.4, 0.5) is 0 Å². The highest BCUT2D eigenvalue weighted by Gasteiger charge is 2.41. The largest absolute Gasteiger partial charge is 0.363 e. The molecule has 0 aliphatic carbocycles. The number of pyridine rings is 1. The van der Waals surface area contributed by atoms with Gasteiger partial charge >= 0.3 is 0 Å². The summed E-state index contributed by atoms with van der Waals surface area (Å²) in [6.45, 7) is 3.85. The molecule has 0 unspecified atom stereocenters. The zero-order valence-corrected chi connectivity index (χ0v) is 12.7. The van der Waals surface area contributed by atoms with Crippen molar-refractivity contribution in [3.05, 3.63) is 41.8 Å². The molecule has 3 atom stereocenters. The molecule has 0 saturated carbocycles. The molecule has 2 aromatic rings. The highest BCUT2D eigenvalue weighted by Crippen LogP contribution is 2.37. The third-order valence-corrected chi connectivity index (χ3v) is 4.59. The van der Waals surface area contributed by atoms with E-state index in [9.17, 15) is 0 Å². The highest BCUT2D eigenvalue weighted by atomic mass is 16.5. The van der Waals surface area contributed by atoms with Crippen molar-refractivity contribution in [3.8, 4) is 0 Å². The molecule has 0 aromatic carbocycles. The average molecular weight is 300 g/mol. The van der Waals surface area contributed by atoms with Gasteiger partial charge in [-0.25, -0.2) is 0 Å². The molecule has 4 rings (SSSR count). The van der Waals surface area contributed by atoms with Crippen LogP contribution >= 0.6 is 0 Å². The lowest BCUT2D eigenvalue weighted by atomic mass is 9.99. The van der Waals surface area contributed by atoms with Gasteiger partial charge in [0.25, 0.3) is 5.89 Å². The van der Waals surface area contributed by atoms with Crippen molar-refractivity contribution in [1.29, 1.82) is 0 Å². The van der Waals surface area contributed by atoms with E-state index in [0.717, 1.165) is 32.4 Å². The van der Waals surface area contributed by atoms with Crippen molar-refractivity contribution >= 4 is 0 Å². The quantitative estimate of drug-likeness (QED) is 0.866. The Morgan fingerprint density at radius 3 is 3.05 bits per heavy atom. The van der Waals surface area contributed by atoms with Crippen LogP contribution in [0.25, 0.3) is 0 Å². The van der Waals surface area contributed by atoms with E-state index in [1.807, 2.05) is 25.4 Å². The molecule has 2 aromatic heterocycles. The average Bonchev–Trinajstić information content (AvgIpc) is 3.15. The van der Waals surface area contributed by atoms with Crippen LogP contribution < -0.4 is 0 Å². The standard InChI is InChI=1S/C16H20N4O2/c1-11-18-16(22-19-11)15-5-4-13-14(21-15)6-8-20(13)10-12-3-2-7-17-9-12/h2-3,7,9,13-15H,4-6,8,10H2,1H3/t13-,14-,15-/m0/s1. The zero-order valence-electron chi connectivity index (χ0n) is 12.7. The minimum atomic E-state index is -0.0409. The Bertz CT molecular complexity index is 630. The van der Waals surface area contributed by atoms with Gasteiger partial charge in [0.2, 0.25) is 0 Å². The lowest BCUT2D eigenvalue weighted by molar-refractivity contribution is -0.0831. The molecule has 2 aliphatic heterocycles. The Morgan fingerprint density at radius 2 is 2.27 bits per heavy atom. The van der Waals surface area contributed by atoms with Crippen LogP contribution in [0.2, 0.25) is 0 Å². The molecule has 0 radical (unpaired) electrons. The summed E-state index contributed by atoms with van der Waals surface area (Å²) in [6.07, 6.45) is 7.10. The summed E-state index contributed by atoms with van der Waals surface area (Å²) in [5.41, 5.74) is 1.26. The molecule has 0 N–H and O–H groups in total. The predicted molar refractivity (Wildman–Crippen MR) is 78.9 cm³/mol. The fraction of sp³-hybridized carbons (Fsp3) is 0.562. The zero-order chi connectivity index (χ0) is 14.9. The number of ether oxygens (including phenoxy) is 1. The minimum Gasteiger partial charge on any atom is -0.363 e. The lowest BCUT2D eigenvalue weighted by Crippen LogP contribution is -2.40. The first-order valence-corrected chi connectivity index (χ1v) is 7.88. The molecular formula is C16H20N4O2. The van der Waals surface area contributed by atoms with E-state index >= 15 is 0 Å². The predicted octanol–water partition coefficient (Wildman–Crippen LogP) is 2.27. The Labute approximate surface area is 129 Å². The number of rotatable bonds is 3. The first kappa shape index (κ1) is 13.8. The maximum absolute atomic E-state index is 6.22. The molecule has 0 spiro atoms. The van der Waals surface area contributed by atoms with Gasteiger partial charge in [-0.1, -0.05) is 11.2 Å². The third kappa shape index (κ3) is 2.64. The minimum absolute atomic E-state index is 0.0409. The van der Waals surface area contributed by atoms with Gasteiger partial charge in [-0.3, -0.25) is 9.88 Å². The van der Waals surface area contributed by atoms with E-state index in [4.69, 9.17) is 9.26 Å². The first-order chi connectivity index (χ1) is 10.8. The smallest absolute Gasteiger partial charge is 0.255 e. The van der Waals surface area contributed by atoms with Gasteiger partial charge in [0.05, 0.1) is 6.10 Å². The fourth-order valence-corrected chi connectivity index (χ4v) is 3.56. The van der Waals surface area contributed by atoms with Crippen molar-refractivity contribution in [2.45, 2.75) is 51.0 Å². The summed E-state index contributed by atoms with van der Waals surface area (Å²) in [4.78, 5) is 11.0. The van der Waals surface area contributed by atoms with E-state index in [1.54, 1.807) is 0 Å². The van der Waals surface area contributed by atoms with Crippen LogP contribution in [0.15, 0.2) is 29.0 Å². The molecule has 4 heterocycles. The summed E-state index contributed by atoms with van der Waals surface area (Å²) in [5, 5.41) is 3.86. The second-order valence-electron chi connectivity index (χ2n) is 6.11. The van der Waals surface area contributed by atoms with Crippen LogP contribution in [0.1, 0.15) is 42.6 Å². The molecular weight excluding hydrogens is 280 g/mol. The summed E-state index contributed by atoms with van der Waals surface area (Å²) in [5.74, 6) is 1.30. The summed E-state index contributed by atoms with van der Waals surface area (Å²) in [7, 11) is 0. The van der Waals surface area contributed by atoms with Gasteiger partial charge in [0, 0.05) is 31.5 Å². The Morgan fingerprint density at radius 1 is 1.32 bits per heavy atom. The van der Waals surface area contributed by atoms with Gasteiger partial charge in [0.1, 0.15) is 6.10 Å². The molecule has 2 fully saturated rings. The van der Waals surface area contributed by atoms with Crippen LogP contribution in [-0.4, -0.2) is 38.7 Å². The van der Waals surface area contributed by atoms with Crippen LogP contribution in [0.5, 0.6) is 0 Å². The SMILES string of the molecule is Cc1noc([C@@H]2CC[C@H]3[C@H](CCN3Cc3cccnc3)O2)n1. The summed E-state index contributed by atoms with van der Waals surface area (Å²) < 4.78 is 11.5. The number of nitrogens with zero attached hydrogens (tertiary/aromatic N) is 4. The van der Waals surface area contributed by atoms with Gasteiger partial charge in [-0.05, 0) is 37.8 Å². The second kappa shape index (κ2) is 5.78. The number of hydrogen-bond donors (Lipinski definition) is 0. The monoisotopic (exact) mass is 300 g/mol. The van der Waals surface area contributed by atoms with Gasteiger partial charge in [0.15, 0.2) is 5.82 Å². The Kier molecular flexibility index (Phi) is 3.63. The topological polar surface area (TPSA) is 64.3 Å². The van der Waals surface area contributed by atoms with Crippen molar-refractivity contribution in [3.63, 3.8) is 0 Å². The number of fused-ring (bicyclic) bond motifs is 1. The number of aryl methyl sites for hydroxylation is 1. The maximum atomic E-state index is 6.22. The van der Waals surface area contributed by atoms with Crippen molar-refractivity contribution in [1.82, 2.24) is 20.0 Å². The van der Waals surface area contributed by atoms with Crippen LogP contribution in [0, 0.1) is 6.92 Å². The molecule has 116 valence electrons.